The molecule has 9 heteroatoms. The van der Waals surface area contributed by atoms with Crippen LogP contribution >= 0.6 is 7.82 Å². The summed E-state index contributed by atoms with van der Waals surface area (Å²) in [6.45, 7) is 5.26. The van der Waals surface area contributed by atoms with Crippen LogP contribution in [0.4, 0.5) is 0 Å². The Bertz CT molecular complexity index is 1490. The number of carbonyl (C=O) groups excluding carboxylic acids is 1. The number of nitrogens with zero attached hydrogens (tertiary/aromatic N) is 1. The minimum Gasteiger partial charge on any atom is -0.457 e. The van der Waals surface area contributed by atoms with Gasteiger partial charge in [0, 0.05) is 13.0 Å². The summed E-state index contributed by atoms with van der Waals surface area (Å²) >= 11 is 0. The molecule has 0 aliphatic rings. The molecule has 0 saturated carbocycles. The number of likely N-dealkylation sites (N-methyl/N-ethyl adjacent to an activating group) is 1. The summed E-state index contributed by atoms with van der Waals surface area (Å²) in [6.07, 6.45) is 69.3. The van der Waals surface area contributed by atoms with Crippen LogP contribution in [-0.4, -0.2) is 75.6 Å². The first-order valence-electron chi connectivity index (χ1n) is 24.9. The van der Waals surface area contributed by atoms with Gasteiger partial charge in [0.05, 0.1) is 34.4 Å². The molecule has 0 spiro atoms. The number of unbranched alkanes of at least 4 members (excludes halogenated alkanes) is 8. The monoisotopic (exact) mass is 923 g/mol. The molecule has 8 nitrogen and oxygen atoms in total. The maximum atomic E-state index is 12.7. The van der Waals surface area contributed by atoms with Gasteiger partial charge in [0.2, 0.25) is 0 Å². The van der Waals surface area contributed by atoms with Crippen LogP contribution in [0.25, 0.3) is 0 Å². The molecular formula is C56H93NO7P+. The summed E-state index contributed by atoms with van der Waals surface area (Å²) in [4.78, 5) is 23.0. The van der Waals surface area contributed by atoms with Crippen LogP contribution in [0.1, 0.15) is 155 Å². The molecule has 0 rings (SSSR count). The van der Waals surface area contributed by atoms with Gasteiger partial charge in [0.15, 0.2) is 0 Å². The smallest absolute Gasteiger partial charge is 0.457 e. The average molecular weight is 923 g/mol. The maximum Gasteiger partial charge on any atom is 0.472 e. The zero-order chi connectivity index (χ0) is 47.6. The van der Waals surface area contributed by atoms with E-state index in [9.17, 15) is 14.3 Å². The second kappa shape index (κ2) is 47.1. The molecule has 0 aromatic rings. The van der Waals surface area contributed by atoms with Gasteiger partial charge in [-0.1, -0.05) is 173 Å². The lowest BCUT2D eigenvalue weighted by Gasteiger charge is -2.24. The van der Waals surface area contributed by atoms with E-state index in [0.29, 0.717) is 24.1 Å². The molecule has 2 atom stereocenters. The SMILES string of the molecule is CC/C=C\C/C=C\C/C=C\C/C=C\C/C=C\C/C=C\CCCCCCCOCC(COP(=O)(O)OCC[N+](C)(C)C)OC(=O)CCCCC/C=C\C/C=C\C/C=C\C/C=C\C/C=C\CC. The molecule has 368 valence electrons. The Balaban J connectivity index is 4.32. The molecule has 1 N–H and O–H groups in total. The second-order valence-electron chi connectivity index (χ2n) is 17.1. The largest absolute Gasteiger partial charge is 0.472 e. The lowest BCUT2D eigenvalue weighted by molar-refractivity contribution is -0.870. The molecule has 2 unspecified atom stereocenters. The molecule has 0 aromatic carbocycles. The van der Waals surface area contributed by atoms with Crippen molar-refractivity contribution in [2.24, 2.45) is 0 Å². The predicted octanol–water partition coefficient (Wildman–Crippen LogP) is 15.5. The molecule has 0 fully saturated rings. The van der Waals surface area contributed by atoms with Gasteiger partial charge in [0.1, 0.15) is 19.3 Å². The highest BCUT2D eigenvalue weighted by atomic mass is 31.2. The average Bonchev–Trinajstić information content (AvgIpc) is 3.27. The number of phosphoric acid groups is 1. The van der Waals surface area contributed by atoms with E-state index in [0.717, 1.165) is 116 Å². The second-order valence-corrected chi connectivity index (χ2v) is 18.5. The summed E-state index contributed by atoms with van der Waals surface area (Å²) in [7, 11) is 1.60. The number of hydrogen-bond donors (Lipinski definition) is 1. The Morgan fingerprint density at radius 3 is 1.26 bits per heavy atom. The molecule has 0 saturated heterocycles. The van der Waals surface area contributed by atoms with Crippen LogP contribution in [0, 0.1) is 0 Å². The third kappa shape index (κ3) is 51.5. The van der Waals surface area contributed by atoms with Crippen molar-refractivity contribution in [1.29, 1.82) is 0 Å². The highest BCUT2D eigenvalue weighted by Crippen LogP contribution is 2.43. The van der Waals surface area contributed by atoms with Crippen molar-refractivity contribution in [2.75, 3.05) is 54.1 Å². The Labute approximate surface area is 398 Å². The van der Waals surface area contributed by atoms with Crippen LogP contribution < -0.4 is 0 Å². The van der Waals surface area contributed by atoms with Crippen LogP contribution in [0.5, 0.6) is 0 Å². The van der Waals surface area contributed by atoms with Gasteiger partial charge in [-0.15, -0.1) is 0 Å². The van der Waals surface area contributed by atoms with E-state index in [1.54, 1.807) is 0 Å². The molecule has 0 aliphatic carbocycles. The van der Waals surface area contributed by atoms with Crippen molar-refractivity contribution in [2.45, 2.75) is 161 Å². The summed E-state index contributed by atoms with van der Waals surface area (Å²) < 4.78 is 35.1. The zero-order valence-electron chi connectivity index (χ0n) is 41.7. The van der Waals surface area contributed by atoms with E-state index >= 15 is 0 Å². The quantitative estimate of drug-likeness (QED) is 0.0214. The van der Waals surface area contributed by atoms with Gasteiger partial charge in [-0.05, 0) is 109 Å². The Morgan fingerprint density at radius 2 is 0.846 bits per heavy atom. The maximum absolute atomic E-state index is 12.7. The Hall–Kier alpha value is -3.36. The minimum atomic E-state index is -4.31. The first kappa shape index (κ1) is 61.6. The van der Waals surface area contributed by atoms with Gasteiger partial charge in [-0.3, -0.25) is 13.8 Å². The highest BCUT2D eigenvalue weighted by Gasteiger charge is 2.26. The van der Waals surface area contributed by atoms with Crippen LogP contribution in [0.15, 0.2) is 134 Å². The summed E-state index contributed by atoms with van der Waals surface area (Å²) in [5, 5.41) is 0. The molecule has 0 radical (unpaired) electrons. The molecule has 0 aliphatic heterocycles. The molecule has 0 amide bonds. The number of esters is 1. The van der Waals surface area contributed by atoms with Gasteiger partial charge >= 0.3 is 13.8 Å². The van der Waals surface area contributed by atoms with Gasteiger partial charge in [-0.25, -0.2) is 4.57 Å². The van der Waals surface area contributed by atoms with Crippen LogP contribution in [0.3, 0.4) is 0 Å². The Morgan fingerprint density at radius 1 is 0.477 bits per heavy atom. The number of ether oxygens (including phenoxy) is 2. The standard InChI is InChI=1S/C56H92NO7P/c1-6-8-10-12-14-16-18-20-22-24-26-27-28-29-30-32-34-36-38-40-42-44-46-48-51-61-53-55(54-63-65(59,60)62-52-50-57(3,4)5)64-56(58)49-47-45-43-41-39-37-35-33-31-25-23-21-19-17-15-13-11-9-7-2/h8-11,14-17,20-23,26-27,29-31,33-34,36-37,39,55H,6-7,12-13,18-19,24-25,28,32,35,38,40-54H2,1-5H3/p+1/b10-8-,11-9-,16-14-,17-15-,22-20-,23-21-,27-26-,30-29-,33-31-,36-34-,39-37-. The topological polar surface area (TPSA) is 91.3 Å². The van der Waals surface area contributed by atoms with Crippen molar-refractivity contribution in [3.05, 3.63) is 134 Å². The van der Waals surface area contributed by atoms with E-state index in [1.807, 2.05) is 21.1 Å². The fourth-order valence-electron chi connectivity index (χ4n) is 5.93. The highest BCUT2D eigenvalue weighted by molar-refractivity contribution is 7.47. The lowest BCUT2D eigenvalue weighted by atomic mass is 10.1. The van der Waals surface area contributed by atoms with Gasteiger partial charge in [0.25, 0.3) is 0 Å². The third-order valence-corrected chi connectivity index (χ3v) is 10.7. The van der Waals surface area contributed by atoms with E-state index in [1.165, 1.54) is 12.8 Å². The van der Waals surface area contributed by atoms with E-state index in [2.05, 4.69) is 148 Å². The van der Waals surface area contributed by atoms with Crippen molar-refractivity contribution < 1.29 is 37.3 Å². The van der Waals surface area contributed by atoms with Crippen molar-refractivity contribution in [1.82, 2.24) is 0 Å². The fourth-order valence-corrected chi connectivity index (χ4v) is 6.68. The molecule has 0 bridgehead atoms. The number of phosphoric ester groups is 1. The minimum absolute atomic E-state index is 0.0687. The van der Waals surface area contributed by atoms with Crippen molar-refractivity contribution in [3.8, 4) is 0 Å². The molecule has 0 heterocycles. The van der Waals surface area contributed by atoms with Gasteiger partial charge < -0.3 is 18.9 Å². The summed E-state index contributed by atoms with van der Waals surface area (Å²) in [5.41, 5.74) is 0. The summed E-state index contributed by atoms with van der Waals surface area (Å²) in [6, 6.07) is 0. The zero-order valence-corrected chi connectivity index (χ0v) is 42.6. The molecular weight excluding hydrogens is 830 g/mol. The van der Waals surface area contributed by atoms with Gasteiger partial charge in [-0.2, -0.15) is 0 Å². The molecule has 65 heavy (non-hydrogen) atoms. The first-order valence-corrected chi connectivity index (χ1v) is 26.4. The van der Waals surface area contributed by atoms with E-state index < -0.39 is 13.9 Å². The van der Waals surface area contributed by atoms with Crippen LogP contribution in [-0.2, 0) is 27.9 Å². The normalized spacial score (nSPS) is 14.7. The number of rotatable bonds is 44. The Kier molecular flexibility index (Phi) is 44.7. The number of hydrogen-bond acceptors (Lipinski definition) is 6. The van der Waals surface area contributed by atoms with Crippen LogP contribution in [0.2, 0.25) is 0 Å². The third-order valence-electron chi connectivity index (χ3n) is 9.71. The number of carbonyl (C=O) groups is 1. The number of quaternary nitrogens is 1. The van der Waals surface area contributed by atoms with E-state index in [4.69, 9.17) is 18.5 Å². The number of allylic oxidation sites excluding steroid dienone is 22. The van der Waals surface area contributed by atoms with Crippen molar-refractivity contribution in [3.63, 3.8) is 0 Å². The molecule has 0 aromatic heterocycles. The van der Waals surface area contributed by atoms with Crippen molar-refractivity contribution >= 4 is 13.8 Å². The lowest BCUT2D eigenvalue weighted by Crippen LogP contribution is -2.37. The fraction of sp³-hybridized carbons (Fsp3) is 0.589. The van der Waals surface area contributed by atoms with E-state index in [-0.39, 0.29) is 32.2 Å². The predicted molar refractivity (Wildman–Crippen MR) is 279 cm³/mol. The summed E-state index contributed by atoms with van der Waals surface area (Å²) in [5.74, 6) is -0.359. The first-order chi connectivity index (χ1) is 31.6.